The van der Waals surface area contributed by atoms with Gasteiger partial charge in [-0.25, -0.2) is 9.97 Å². The zero-order chi connectivity index (χ0) is 36.3. The molecule has 0 unspecified atom stereocenters. The summed E-state index contributed by atoms with van der Waals surface area (Å²) in [6, 6.07) is 71.4. The van der Waals surface area contributed by atoms with Crippen LogP contribution in [0.2, 0.25) is 0 Å². The highest BCUT2D eigenvalue weighted by Crippen LogP contribution is 2.41. The molecule has 0 saturated heterocycles. The highest BCUT2D eigenvalue weighted by atomic mass is 15.0. The van der Waals surface area contributed by atoms with Crippen LogP contribution in [0.1, 0.15) is 0 Å². The molecule has 2 aromatic heterocycles. The first-order valence-corrected chi connectivity index (χ1v) is 18.7. The predicted octanol–water partition coefficient (Wildman–Crippen LogP) is 13.7. The van der Waals surface area contributed by atoms with Crippen LogP contribution < -0.4 is 0 Å². The van der Waals surface area contributed by atoms with Crippen molar-refractivity contribution in [1.29, 1.82) is 0 Å². The van der Waals surface area contributed by atoms with Crippen molar-refractivity contribution in [3.63, 3.8) is 0 Å². The van der Waals surface area contributed by atoms with Crippen molar-refractivity contribution < 1.29 is 0 Å². The van der Waals surface area contributed by atoms with Gasteiger partial charge < -0.3 is 4.57 Å². The molecule has 11 rings (SSSR count). The Labute approximate surface area is 318 Å². The molecule has 0 N–H and O–H groups in total. The van der Waals surface area contributed by atoms with Gasteiger partial charge in [0.2, 0.25) is 0 Å². The monoisotopic (exact) mass is 699 g/mol. The van der Waals surface area contributed by atoms with Gasteiger partial charge >= 0.3 is 0 Å². The first-order chi connectivity index (χ1) is 27.3. The van der Waals surface area contributed by atoms with E-state index in [0.717, 1.165) is 61.1 Å². The summed E-state index contributed by atoms with van der Waals surface area (Å²) >= 11 is 0. The molecule has 0 amide bonds. The highest BCUT2D eigenvalue weighted by molar-refractivity contribution is 6.19. The van der Waals surface area contributed by atoms with E-state index in [2.05, 4.69) is 205 Å². The Morgan fingerprint density at radius 2 is 0.909 bits per heavy atom. The van der Waals surface area contributed by atoms with Crippen LogP contribution in [0.3, 0.4) is 0 Å². The number of aromatic nitrogens is 3. The van der Waals surface area contributed by atoms with Gasteiger partial charge in [-0.05, 0) is 79.8 Å². The van der Waals surface area contributed by atoms with Crippen LogP contribution >= 0.6 is 0 Å². The van der Waals surface area contributed by atoms with E-state index in [-0.39, 0.29) is 0 Å². The summed E-state index contributed by atoms with van der Waals surface area (Å²) in [5.74, 6) is 0.707. The number of hydrogen-bond acceptors (Lipinski definition) is 2. The Morgan fingerprint density at radius 1 is 0.327 bits per heavy atom. The Morgan fingerprint density at radius 3 is 1.65 bits per heavy atom. The van der Waals surface area contributed by atoms with Crippen molar-refractivity contribution in [2.24, 2.45) is 0 Å². The van der Waals surface area contributed by atoms with Crippen LogP contribution in [0.25, 0.3) is 105 Å². The summed E-state index contributed by atoms with van der Waals surface area (Å²) in [4.78, 5) is 10.9. The number of nitrogens with zero attached hydrogens (tertiary/aromatic N) is 3. The second-order valence-electron chi connectivity index (χ2n) is 14.1. The molecular weight excluding hydrogens is 667 g/mol. The lowest BCUT2D eigenvalue weighted by molar-refractivity contribution is 1.17. The normalized spacial score (nSPS) is 11.6. The maximum Gasteiger partial charge on any atom is 0.161 e. The summed E-state index contributed by atoms with van der Waals surface area (Å²) in [7, 11) is 0. The summed E-state index contributed by atoms with van der Waals surface area (Å²) < 4.78 is 2.36. The van der Waals surface area contributed by atoms with Crippen LogP contribution in [-0.4, -0.2) is 14.5 Å². The molecule has 0 aliphatic heterocycles. The molecule has 9 aromatic carbocycles. The zero-order valence-electron chi connectivity index (χ0n) is 29.9. The van der Waals surface area contributed by atoms with Crippen molar-refractivity contribution in [3.05, 3.63) is 200 Å². The van der Waals surface area contributed by atoms with E-state index < -0.39 is 0 Å². The number of para-hydroxylation sites is 2. The molecule has 55 heavy (non-hydrogen) atoms. The average molecular weight is 700 g/mol. The number of rotatable bonds is 5. The van der Waals surface area contributed by atoms with E-state index in [0.29, 0.717) is 5.82 Å². The fraction of sp³-hybridized carbons (Fsp3) is 0. The van der Waals surface area contributed by atoms with Gasteiger partial charge in [-0.3, -0.25) is 0 Å². The lowest BCUT2D eigenvalue weighted by atomic mass is 9.92. The molecule has 2 heterocycles. The predicted molar refractivity (Wildman–Crippen MR) is 231 cm³/mol. The molecule has 0 fully saturated rings. The van der Waals surface area contributed by atoms with E-state index in [4.69, 9.17) is 9.97 Å². The fourth-order valence-corrected chi connectivity index (χ4v) is 8.46. The summed E-state index contributed by atoms with van der Waals surface area (Å²) in [5.41, 5.74) is 10.7. The summed E-state index contributed by atoms with van der Waals surface area (Å²) in [6.45, 7) is 0. The maximum atomic E-state index is 5.48. The number of hydrogen-bond donors (Lipinski definition) is 0. The Hall–Kier alpha value is -7.36. The van der Waals surface area contributed by atoms with E-state index in [1.807, 2.05) is 0 Å². The van der Waals surface area contributed by atoms with E-state index in [1.54, 1.807) is 0 Å². The molecule has 0 aliphatic carbocycles. The number of fused-ring (bicyclic) bond motifs is 7. The van der Waals surface area contributed by atoms with Crippen molar-refractivity contribution in [3.8, 4) is 50.7 Å². The first kappa shape index (κ1) is 31.2. The second kappa shape index (κ2) is 12.6. The molecule has 0 saturated carbocycles. The fourth-order valence-electron chi connectivity index (χ4n) is 8.46. The third-order valence-corrected chi connectivity index (χ3v) is 11.0. The van der Waals surface area contributed by atoms with E-state index in [9.17, 15) is 0 Å². The minimum absolute atomic E-state index is 0.707. The maximum absolute atomic E-state index is 5.48. The molecular formula is C52H33N3. The van der Waals surface area contributed by atoms with Gasteiger partial charge in [0.05, 0.1) is 22.4 Å². The Balaban J connectivity index is 1.16. The zero-order valence-corrected chi connectivity index (χ0v) is 29.9. The topological polar surface area (TPSA) is 30.7 Å². The molecule has 0 radical (unpaired) electrons. The van der Waals surface area contributed by atoms with Gasteiger partial charge in [0.25, 0.3) is 0 Å². The average Bonchev–Trinajstić information content (AvgIpc) is 3.60. The minimum atomic E-state index is 0.707. The van der Waals surface area contributed by atoms with E-state index in [1.165, 1.54) is 38.0 Å². The van der Waals surface area contributed by atoms with Crippen LogP contribution in [0.4, 0.5) is 0 Å². The van der Waals surface area contributed by atoms with Crippen LogP contribution in [0, 0.1) is 0 Å². The van der Waals surface area contributed by atoms with Gasteiger partial charge in [0, 0.05) is 33.2 Å². The van der Waals surface area contributed by atoms with Gasteiger partial charge in [0.1, 0.15) is 0 Å². The molecule has 3 heteroatoms. The lowest BCUT2D eigenvalue weighted by Gasteiger charge is -2.16. The molecule has 11 aromatic rings. The first-order valence-electron chi connectivity index (χ1n) is 18.7. The van der Waals surface area contributed by atoms with Crippen molar-refractivity contribution >= 4 is 54.1 Å². The molecule has 0 aliphatic rings. The van der Waals surface area contributed by atoms with Crippen molar-refractivity contribution in [2.75, 3.05) is 0 Å². The number of benzene rings is 9. The standard InChI is InChI=1S/C52H33N3/c1-2-14-34(15-3-1)39-18-8-9-21-42(39)48-33-47(36-26-29-38(30-27-36)55-49-24-12-10-22-43(49)44-23-11-13-25-50(44)55)53-52(54-48)51-41-20-7-5-17-37(41)32-46-40-19-6-4-16-35(40)28-31-45(46)51/h1-33H. The van der Waals surface area contributed by atoms with Crippen LogP contribution in [0.5, 0.6) is 0 Å². The van der Waals surface area contributed by atoms with Crippen molar-refractivity contribution in [2.45, 2.75) is 0 Å². The summed E-state index contributed by atoms with van der Waals surface area (Å²) in [5, 5.41) is 9.56. The van der Waals surface area contributed by atoms with Crippen LogP contribution in [-0.2, 0) is 0 Å². The molecule has 3 nitrogen and oxygen atoms in total. The molecule has 0 spiro atoms. The SMILES string of the molecule is c1ccc(-c2ccccc2-c2cc(-c3ccc(-n4c5ccccc5c5ccccc54)cc3)nc(-c3c4ccccc4cc4c3ccc3ccccc34)n2)cc1. The van der Waals surface area contributed by atoms with Gasteiger partial charge in [-0.15, -0.1) is 0 Å². The quantitative estimate of drug-likeness (QED) is 0.132. The van der Waals surface area contributed by atoms with Crippen molar-refractivity contribution in [1.82, 2.24) is 14.5 Å². The smallest absolute Gasteiger partial charge is 0.161 e. The van der Waals surface area contributed by atoms with Gasteiger partial charge in [-0.1, -0.05) is 164 Å². The third kappa shape index (κ3) is 5.13. The largest absolute Gasteiger partial charge is 0.309 e. The van der Waals surface area contributed by atoms with Gasteiger partial charge in [0.15, 0.2) is 5.82 Å². The minimum Gasteiger partial charge on any atom is -0.309 e. The third-order valence-electron chi connectivity index (χ3n) is 11.0. The van der Waals surface area contributed by atoms with Gasteiger partial charge in [-0.2, -0.15) is 0 Å². The Kier molecular flexibility index (Phi) is 7.17. The summed E-state index contributed by atoms with van der Waals surface area (Å²) in [6.07, 6.45) is 0. The highest BCUT2D eigenvalue weighted by Gasteiger charge is 2.19. The van der Waals surface area contributed by atoms with Crippen LogP contribution in [0.15, 0.2) is 200 Å². The molecule has 256 valence electrons. The lowest BCUT2D eigenvalue weighted by Crippen LogP contribution is -1.99. The van der Waals surface area contributed by atoms with E-state index >= 15 is 0 Å². The second-order valence-corrected chi connectivity index (χ2v) is 14.1. The molecule has 0 bridgehead atoms. The Bertz CT molecular complexity index is 3200. The molecule has 0 atom stereocenters.